The number of fused-ring (bicyclic) bond motifs is 1. The molecule has 1 amide bonds. The molecule has 8 heteroatoms. The summed E-state index contributed by atoms with van der Waals surface area (Å²) < 4.78 is 23.6. The van der Waals surface area contributed by atoms with E-state index < -0.39 is 9.84 Å². The van der Waals surface area contributed by atoms with Crippen molar-refractivity contribution in [1.29, 1.82) is 0 Å². The molecule has 0 spiro atoms. The first-order valence-corrected chi connectivity index (χ1v) is 11.8. The first kappa shape index (κ1) is 18.5. The van der Waals surface area contributed by atoms with Crippen molar-refractivity contribution in [2.45, 2.75) is 17.0 Å². The maximum Gasteiger partial charge on any atom is 0.258 e. The Labute approximate surface area is 156 Å². The molecule has 2 aliphatic rings. The third kappa shape index (κ3) is 4.68. The summed E-state index contributed by atoms with van der Waals surface area (Å²) in [6, 6.07) is 9.89. The topological polar surface area (TPSA) is 66.8 Å². The summed E-state index contributed by atoms with van der Waals surface area (Å²) >= 11 is 2.94. The summed E-state index contributed by atoms with van der Waals surface area (Å²) in [4.78, 5) is 18.3. The monoisotopic (exact) mass is 396 g/mol. The van der Waals surface area contributed by atoms with E-state index in [0.29, 0.717) is 17.5 Å². The second-order valence-corrected chi connectivity index (χ2v) is 10.4. The molecule has 2 heterocycles. The van der Waals surface area contributed by atoms with Crippen LogP contribution in [0.4, 0.5) is 0 Å². The Morgan fingerprint density at radius 1 is 1.36 bits per heavy atom. The molecule has 2 atom stereocenters. The highest BCUT2D eigenvalue weighted by Crippen LogP contribution is 2.38. The molecule has 0 aliphatic carbocycles. The molecule has 2 fully saturated rings. The van der Waals surface area contributed by atoms with Crippen molar-refractivity contribution in [1.82, 2.24) is 4.90 Å². The van der Waals surface area contributed by atoms with Gasteiger partial charge in [-0.3, -0.25) is 4.79 Å². The number of sulfone groups is 1. The van der Waals surface area contributed by atoms with Crippen molar-refractivity contribution in [3.63, 3.8) is 0 Å². The fourth-order valence-electron chi connectivity index (χ4n) is 2.96. The van der Waals surface area contributed by atoms with E-state index in [-0.39, 0.29) is 28.7 Å². The predicted octanol–water partition coefficient (Wildman–Crippen LogP) is 2.20. The number of benzene rings is 1. The minimum Gasteiger partial charge on any atom is -0.342 e. The number of amidine groups is 1. The maximum absolute atomic E-state index is 12.2. The maximum atomic E-state index is 12.2. The van der Waals surface area contributed by atoms with Gasteiger partial charge in [0.2, 0.25) is 0 Å². The van der Waals surface area contributed by atoms with E-state index in [2.05, 4.69) is 11.6 Å². The Bertz CT molecular complexity index is 778. The number of hydrogen-bond acceptors (Lipinski definition) is 5. The zero-order valence-electron chi connectivity index (χ0n) is 13.7. The number of carbonyl (C=O) groups is 1. The van der Waals surface area contributed by atoms with Crippen LogP contribution in [-0.2, 0) is 20.4 Å². The van der Waals surface area contributed by atoms with Crippen LogP contribution in [0.1, 0.15) is 5.56 Å². The molecule has 5 nitrogen and oxygen atoms in total. The van der Waals surface area contributed by atoms with E-state index in [1.54, 1.807) is 6.08 Å². The highest BCUT2D eigenvalue weighted by molar-refractivity contribution is 8.15. The number of nitrogens with zero attached hydrogens (tertiary/aromatic N) is 2. The first-order valence-electron chi connectivity index (χ1n) is 7.96. The van der Waals surface area contributed by atoms with Gasteiger partial charge in [-0.2, -0.15) is 4.99 Å². The smallest absolute Gasteiger partial charge is 0.258 e. The lowest BCUT2D eigenvalue weighted by molar-refractivity contribution is -0.115. The predicted molar refractivity (Wildman–Crippen MR) is 106 cm³/mol. The number of hydrogen-bond donors (Lipinski definition) is 0. The summed E-state index contributed by atoms with van der Waals surface area (Å²) in [7, 11) is -2.99. The number of rotatable bonds is 6. The molecule has 0 aromatic heterocycles. The molecule has 2 aliphatic heterocycles. The summed E-state index contributed by atoms with van der Waals surface area (Å²) in [5, 5.41) is 0.601. The van der Waals surface area contributed by atoms with Crippen molar-refractivity contribution >= 4 is 44.4 Å². The summed E-state index contributed by atoms with van der Waals surface area (Å²) in [5.41, 5.74) is 1.18. The number of carbonyl (C=O) groups excluding carboxylic acids is 1. The van der Waals surface area contributed by atoms with E-state index in [4.69, 9.17) is 0 Å². The van der Waals surface area contributed by atoms with Gasteiger partial charge < -0.3 is 4.90 Å². The van der Waals surface area contributed by atoms with Crippen LogP contribution in [0.15, 0.2) is 48.0 Å². The number of amides is 1. The zero-order chi connectivity index (χ0) is 17.9. The Kier molecular flexibility index (Phi) is 5.91. The van der Waals surface area contributed by atoms with Crippen LogP contribution in [-0.4, -0.2) is 59.5 Å². The van der Waals surface area contributed by atoms with Crippen LogP contribution in [0.5, 0.6) is 0 Å². The summed E-state index contributed by atoms with van der Waals surface area (Å²) in [6.07, 6.45) is 1.72. The quantitative estimate of drug-likeness (QED) is 0.687. The van der Waals surface area contributed by atoms with Crippen molar-refractivity contribution in [3.8, 4) is 0 Å². The van der Waals surface area contributed by atoms with Crippen LogP contribution >= 0.6 is 23.5 Å². The molecule has 0 saturated carbocycles. The zero-order valence-corrected chi connectivity index (χ0v) is 16.2. The molecule has 0 unspecified atom stereocenters. The van der Waals surface area contributed by atoms with E-state index in [0.717, 1.165) is 5.75 Å². The van der Waals surface area contributed by atoms with Crippen molar-refractivity contribution in [2.75, 3.05) is 23.8 Å². The van der Waals surface area contributed by atoms with Crippen LogP contribution in [0.2, 0.25) is 0 Å². The first-order chi connectivity index (χ1) is 12.0. The van der Waals surface area contributed by atoms with Crippen LogP contribution in [0.3, 0.4) is 0 Å². The van der Waals surface area contributed by atoms with Gasteiger partial charge in [0.1, 0.15) is 0 Å². The number of aliphatic imine (C=N–C) groups is 1. The van der Waals surface area contributed by atoms with Crippen LogP contribution in [0, 0.1) is 0 Å². The second-order valence-electron chi connectivity index (χ2n) is 6.01. The van der Waals surface area contributed by atoms with Gasteiger partial charge in [-0.25, -0.2) is 8.42 Å². The number of thioether (sulfide) groups is 2. The highest BCUT2D eigenvalue weighted by atomic mass is 32.2. The minimum atomic E-state index is -2.99. The van der Waals surface area contributed by atoms with Gasteiger partial charge >= 0.3 is 0 Å². The summed E-state index contributed by atoms with van der Waals surface area (Å²) in [6.45, 7) is 4.23. The van der Waals surface area contributed by atoms with Gasteiger partial charge in [-0.1, -0.05) is 48.2 Å². The van der Waals surface area contributed by atoms with E-state index >= 15 is 0 Å². The van der Waals surface area contributed by atoms with Gasteiger partial charge in [0, 0.05) is 17.5 Å². The molecule has 0 bridgehead atoms. The van der Waals surface area contributed by atoms with Gasteiger partial charge in [0.05, 0.1) is 23.3 Å². The lowest BCUT2D eigenvalue weighted by Crippen LogP contribution is -2.37. The Morgan fingerprint density at radius 3 is 2.84 bits per heavy atom. The molecule has 3 rings (SSSR count). The van der Waals surface area contributed by atoms with Gasteiger partial charge in [0.15, 0.2) is 15.0 Å². The minimum absolute atomic E-state index is 0.0338. The van der Waals surface area contributed by atoms with E-state index in [1.165, 1.54) is 29.1 Å². The standard InChI is InChI=1S/C17H20N2O3S3/c1-2-8-19-14-11-25(21,22)12-15(14)24-17(19)18-16(20)10-23-9-13-6-4-3-5-7-13/h2-7,14-15H,1,8-12H2/t14-,15+/m1/s1. The molecular formula is C17H20N2O3S3. The highest BCUT2D eigenvalue weighted by Gasteiger charge is 2.48. The molecular weight excluding hydrogens is 376 g/mol. The molecule has 25 heavy (non-hydrogen) atoms. The van der Waals surface area contributed by atoms with Crippen LogP contribution < -0.4 is 0 Å². The average Bonchev–Trinajstić information content (AvgIpc) is 3.01. The Balaban J connectivity index is 1.60. The fraction of sp³-hybridized carbons (Fsp3) is 0.412. The third-order valence-electron chi connectivity index (χ3n) is 4.06. The van der Waals surface area contributed by atoms with Crippen molar-refractivity contribution < 1.29 is 13.2 Å². The average molecular weight is 397 g/mol. The molecule has 1 aromatic rings. The molecule has 0 radical (unpaired) electrons. The third-order valence-corrected chi connectivity index (χ3v) is 8.29. The summed E-state index contributed by atoms with van der Waals surface area (Å²) in [5.74, 6) is 1.19. The molecule has 134 valence electrons. The molecule has 2 saturated heterocycles. The SMILES string of the molecule is C=CCN1C(=NC(=O)CSCc2ccccc2)S[C@H]2CS(=O)(=O)C[C@H]21. The Morgan fingerprint density at radius 2 is 2.12 bits per heavy atom. The molecule has 1 aromatic carbocycles. The van der Waals surface area contributed by atoms with Gasteiger partial charge in [-0.05, 0) is 5.56 Å². The van der Waals surface area contributed by atoms with Gasteiger partial charge in [0.25, 0.3) is 5.91 Å². The fourth-order valence-corrected chi connectivity index (χ4v) is 7.71. The van der Waals surface area contributed by atoms with Crippen molar-refractivity contribution in [2.24, 2.45) is 4.99 Å². The lowest BCUT2D eigenvalue weighted by Gasteiger charge is -2.22. The second kappa shape index (κ2) is 7.97. The van der Waals surface area contributed by atoms with E-state index in [9.17, 15) is 13.2 Å². The Hall–Kier alpha value is -1.25. The lowest BCUT2D eigenvalue weighted by atomic mass is 10.2. The van der Waals surface area contributed by atoms with Gasteiger partial charge in [-0.15, -0.1) is 18.3 Å². The van der Waals surface area contributed by atoms with Crippen molar-refractivity contribution in [3.05, 3.63) is 48.6 Å². The largest absolute Gasteiger partial charge is 0.342 e. The van der Waals surface area contributed by atoms with E-state index in [1.807, 2.05) is 35.2 Å². The normalized spacial score (nSPS) is 25.9. The van der Waals surface area contributed by atoms with Crippen LogP contribution in [0.25, 0.3) is 0 Å². The molecule has 0 N–H and O–H groups in total.